The molecule has 1 heterocycles. The van der Waals surface area contributed by atoms with E-state index in [0.717, 1.165) is 0 Å². The largest absolute Gasteiger partial charge is 0.434 e. The van der Waals surface area contributed by atoms with Crippen LogP contribution in [0.25, 0.3) is 0 Å². The van der Waals surface area contributed by atoms with Gasteiger partial charge in [-0.3, -0.25) is 4.98 Å². The summed E-state index contributed by atoms with van der Waals surface area (Å²) < 4.78 is 35.8. The molecule has 1 aromatic heterocycles. The SMILES string of the molecule is Cc1ncc(C(F)(F)F)nc1N. The first-order valence-corrected chi connectivity index (χ1v) is 3.07. The number of alkyl halides is 3. The Hall–Kier alpha value is -1.33. The fraction of sp³-hybridized carbons (Fsp3) is 0.333. The summed E-state index contributed by atoms with van der Waals surface area (Å²) in [6.45, 7) is 1.49. The second-order valence-corrected chi connectivity index (χ2v) is 2.22. The van der Waals surface area contributed by atoms with E-state index in [-0.39, 0.29) is 5.82 Å². The van der Waals surface area contributed by atoms with E-state index in [2.05, 4.69) is 9.97 Å². The molecule has 6 heteroatoms. The third-order valence-electron chi connectivity index (χ3n) is 1.28. The number of aryl methyl sites for hydroxylation is 1. The monoisotopic (exact) mass is 177 g/mol. The standard InChI is InChI=1S/C6H6F3N3/c1-3-5(10)12-4(2-11-3)6(7,8)9/h2H,1H3,(H2,10,12). The van der Waals surface area contributed by atoms with Crippen LogP contribution in [0.1, 0.15) is 11.4 Å². The van der Waals surface area contributed by atoms with Crippen LogP contribution in [0, 0.1) is 6.92 Å². The maximum atomic E-state index is 11.9. The summed E-state index contributed by atoms with van der Waals surface area (Å²) in [5.41, 5.74) is 4.37. The molecule has 0 aliphatic heterocycles. The van der Waals surface area contributed by atoms with E-state index in [4.69, 9.17) is 5.73 Å². The topological polar surface area (TPSA) is 51.8 Å². The second kappa shape index (κ2) is 2.62. The molecule has 1 aromatic rings. The Kier molecular flexibility index (Phi) is 1.91. The van der Waals surface area contributed by atoms with Gasteiger partial charge in [0.2, 0.25) is 0 Å². The first-order chi connectivity index (χ1) is 5.41. The number of anilines is 1. The minimum atomic E-state index is -4.48. The lowest BCUT2D eigenvalue weighted by Gasteiger charge is -2.05. The second-order valence-electron chi connectivity index (χ2n) is 2.22. The van der Waals surface area contributed by atoms with Gasteiger partial charge in [0.1, 0.15) is 5.82 Å². The van der Waals surface area contributed by atoms with Crippen LogP contribution in [-0.2, 0) is 6.18 Å². The maximum Gasteiger partial charge on any atom is 0.434 e. The van der Waals surface area contributed by atoms with Gasteiger partial charge in [0.05, 0.1) is 11.9 Å². The number of hydrogen-bond donors (Lipinski definition) is 1. The number of nitrogens with zero attached hydrogens (tertiary/aromatic N) is 2. The van der Waals surface area contributed by atoms with Crippen LogP contribution in [0.2, 0.25) is 0 Å². The summed E-state index contributed by atoms with van der Waals surface area (Å²) >= 11 is 0. The van der Waals surface area contributed by atoms with Crippen LogP contribution < -0.4 is 5.73 Å². The Labute approximate surface area is 66.4 Å². The van der Waals surface area contributed by atoms with Crippen molar-refractivity contribution in [3.05, 3.63) is 17.6 Å². The predicted octanol–water partition coefficient (Wildman–Crippen LogP) is 1.39. The number of halogens is 3. The van der Waals surface area contributed by atoms with Crippen molar-refractivity contribution in [2.24, 2.45) is 0 Å². The van der Waals surface area contributed by atoms with Gasteiger partial charge in [-0.15, -0.1) is 0 Å². The number of aromatic nitrogens is 2. The van der Waals surface area contributed by atoms with Crippen molar-refractivity contribution in [2.45, 2.75) is 13.1 Å². The summed E-state index contributed by atoms with van der Waals surface area (Å²) in [7, 11) is 0. The molecule has 0 amide bonds. The summed E-state index contributed by atoms with van der Waals surface area (Å²) in [6, 6.07) is 0. The molecule has 0 saturated carbocycles. The fourth-order valence-electron chi connectivity index (χ4n) is 0.600. The quantitative estimate of drug-likeness (QED) is 0.651. The summed E-state index contributed by atoms with van der Waals surface area (Å²) in [4.78, 5) is 6.57. The molecule has 0 spiro atoms. The molecule has 0 atom stereocenters. The molecule has 0 radical (unpaired) electrons. The number of rotatable bonds is 0. The van der Waals surface area contributed by atoms with Gasteiger partial charge in [0, 0.05) is 0 Å². The zero-order chi connectivity index (χ0) is 9.35. The lowest BCUT2D eigenvalue weighted by molar-refractivity contribution is -0.141. The van der Waals surface area contributed by atoms with Gasteiger partial charge in [-0.2, -0.15) is 13.2 Å². The van der Waals surface area contributed by atoms with E-state index < -0.39 is 11.9 Å². The van der Waals surface area contributed by atoms with Crippen LogP contribution in [0.3, 0.4) is 0 Å². The molecule has 0 aliphatic carbocycles. The van der Waals surface area contributed by atoms with Crippen LogP contribution >= 0.6 is 0 Å². The first-order valence-electron chi connectivity index (χ1n) is 3.07. The third-order valence-corrected chi connectivity index (χ3v) is 1.28. The molecule has 0 aromatic carbocycles. The van der Waals surface area contributed by atoms with E-state index in [9.17, 15) is 13.2 Å². The zero-order valence-electron chi connectivity index (χ0n) is 6.18. The van der Waals surface area contributed by atoms with E-state index >= 15 is 0 Å². The highest BCUT2D eigenvalue weighted by molar-refractivity contribution is 5.33. The van der Waals surface area contributed by atoms with Crippen LogP contribution in [-0.4, -0.2) is 9.97 Å². The molecule has 0 fully saturated rings. The van der Waals surface area contributed by atoms with Gasteiger partial charge >= 0.3 is 6.18 Å². The van der Waals surface area contributed by atoms with E-state index in [1.807, 2.05) is 0 Å². The summed E-state index contributed by atoms with van der Waals surface area (Å²) in [5.74, 6) is -0.190. The fourth-order valence-corrected chi connectivity index (χ4v) is 0.600. The Morgan fingerprint density at radius 3 is 2.42 bits per heavy atom. The molecule has 0 unspecified atom stereocenters. The Bertz CT molecular complexity index is 295. The Morgan fingerprint density at radius 1 is 1.42 bits per heavy atom. The molecule has 1 rings (SSSR count). The van der Waals surface area contributed by atoms with E-state index in [1.54, 1.807) is 0 Å². The highest BCUT2D eigenvalue weighted by Crippen LogP contribution is 2.27. The lowest BCUT2D eigenvalue weighted by Crippen LogP contribution is -2.11. The van der Waals surface area contributed by atoms with Crippen molar-refractivity contribution in [1.82, 2.24) is 9.97 Å². The van der Waals surface area contributed by atoms with Crippen molar-refractivity contribution in [2.75, 3.05) is 5.73 Å². The van der Waals surface area contributed by atoms with E-state index in [0.29, 0.717) is 11.9 Å². The highest BCUT2D eigenvalue weighted by Gasteiger charge is 2.33. The van der Waals surface area contributed by atoms with Crippen molar-refractivity contribution in [3.63, 3.8) is 0 Å². The predicted molar refractivity (Wildman–Crippen MR) is 36.2 cm³/mol. The Balaban J connectivity index is 3.14. The first kappa shape index (κ1) is 8.76. The van der Waals surface area contributed by atoms with Gasteiger partial charge in [-0.25, -0.2) is 4.98 Å². The molecule has 2 N–H and O–H groups in total. The molecule has 0 saturated heterocycles. The molecular formula is C6H6F3N3. The normalized spacial score (nSPS) is 11.7. The third kappa shape index (κ3) is 1.63. The zero-order valence-corrected chi connectivity index (χ0v) is 6.18. The average molecular weight is 177 g/mol. The average Bonchev–Trinajstić information content (AvgIpc) is 1.92. The lowest BCUT2D eigenvalue weighted by atomic mass is 10.4. The minimum Gasteiger partial charge on any atom is -0.382 e. The van der Waals surface area contributed by atoms with E-state index in [1.165, 1.54) is 6.92 Å². The van der Waals surface area contributed by atoms with Crippen molar-refractivity contribution >= 4 is 5.82 Å². The molecule has 3 nitrogen and oxygen atoms in total. The van der Waals surface area contributed by atoms with Crippen molar-refractivity contribution in [3.8, 4) is 0 Å². The van der Waals surface area contributed by atoms with Gasteiger partial charge in [0.25, 0.3) is 0 Å². The smallest absolute Gasteiger partial charge is 0.382 e. The molecule has 0 aliphatic rings. The number of nitrogen functional groups attached to an aromatic ring is 1. The molecule has 0 bridgehead atoms. The van der Waals surface area contributed by atoms with Gasteiger partial charge < -0.3 is 5.73 Å². The van der Waals surface area contributed by atoms with Crippen molar-refractivity contribution in [1.29, 1.82) is 0 Å². The van der Waals surface area contributed by atoms with Gasteiger partial charge in [-0.05, 0) is 6.92 Å². The van der Waals surface area contributed by atoms with Crippen LogP contribution in [0.4, 0.5) is 19.0 Å². The van der Waals surface area contributed by atoms with Crippen LogP contribution in [0.15, 0.2) is 6.20 Å². The summed E-state index contributed by atoms with van der Waals surface area (Å²) in [5, 5.41) is 0. The molecular weight excluding hydrogens is 171 g/mol. The minimum absolute atomic E-state index is 0.190. The molecule has 66 valence electrons. The van der Waals surface area contributed by atoms with Gasteiger partial charge in [-0.1, -0.05) is 0 Å². The Morgan fingerprint density at radius 2 is 2.00 bits per heavy atom. The summed E-state index contributed by atoms with van der Waals surface area (Å²) in [6.07, 6.45) is -3.82. The van der Waals surface area contributed by atoms with Crippen LogP contribution in [0.5, 0.6) is 0 Å². The molecule has 12 heavy (non-hydrogen) atoms. The highest BCUT2D eigenvalue weighted by atomic mass is 19.4. The van der Waals surface area contributed by atoms with Gasteiger partial charge in [0.15, 0.2) is 5.69 Å². The maximum absolute atomic E-state index is 11.9. The number of nitrogens with two attached hydrogens (primary N) is 1. The number of hydrogen-bond acceptors (Lipinski definition) is 3. The van der Waals surface area contributed by atoms with Crippen molar-refractivity contribution < 1.29 is 13.2 Å².